The molecule has 1 unspecified atom stereocenters. The topological polar surface area (TPSA) is 38.7 Å². The summed E-state index contributed by atoms with van der Waals surface area (Å²) in [6, 6.07) is 7.71. The molecule has 0 amide bonds. The number of aliphatic hydroxyl groups excluding tert-OH is 1. The van der Waals surface area contributed by atoms with Crippen LogP contribution in [-0.4, -0.2) is 24.1 Å². The molecule has 1 N–H and O–H groups in total. The van der Waals surface area contributed by atoms with Gasteiger partial charge in [-0.2, -0.15) is 0 Å². The van der Waals surface area contributed by atoms with Crippen LogP contribution in [-0.2, 0) is 11.2 Å². The molecule has 0 aliphatic carbocycles. The van der Waals surface area contributed by atoms with E-state index in [9.17, 15) is 5.11 Å². The summed E-state index contributed by atoms with van der Waals surface area (Å²) in [6.45, 7) is 6.33. The molecule has 0 bridgehead atoms. The average molecular weight is 224 g/mol. The minimum absolute atomic E-state index is 0.130. The Balaban J connectivity index is 2.70. The quantitative estimate of drug-likeness (QED) is 0.754. The van der Waals surface area contributed by atoms with Crippen molar-refractivity contribution in [3.05, 3.63) is 29.8 Å². The van der Waals surface area contributed by atoms with Gasteiger partial charge in [-0.15, -0.1) is 0 Å². The lowest BCUT2D eigenvalue weighted by atomic mass is 10.1. The predicted octanol–water partition coefficient (Wildman–Crippen LogP) is 2.37. The first-order valence-corrected chi connectivity index (χ1v) is 5.67. The van der Waals surface area contributed by atoms with E-state index in [1.165, 1.54) is 0 Å². The molecule has 0 aliphatic rings. The highest BCUT2D eigenvalue weighted by atomic mass is 16.6. The van der Waals surface area contributed by atoms with Crippen LogP contribution in [0.25, 0.3) is 0 Å². The van der Waals surface area contributed by atoms with Gasteiger partial charge in [-0.1, -0.05) is 18.2 Å². The Labute approximate surface area is 97.0 Å². The van der Waals surface area contributed by atoms with E-state index < -0.39 is 6.29 Å². The van der Waals surface area contributed by atoms with E-state index in [1.807, 2.05) is 45.0 Å². The Kier molecular flexibility index (Phi) is 5.29. The van der Waals surface area contributed by atoms with Crippen molar-refractivity contribution >= 4 is 0 Å². The monoisotopic (exact) mass is 224 g/mol. The lowest BCUT2D eigenvalue weighted by Gasteiger charge is -2.16. The molecule has 1 aromatic rings. The van der Waals surface area contributed by atoms with Gasteiger partial charge in [0.2, 0.25) is 0 Å². The summed E-state index contributed by atoms with van der Waals surface area (Å²) in [7, 11) is 0. The van der Waals surface area contributed by atoms with Gasteiger partial charge in [-0.25, -0.2) is 0 Å². The number of rotatable bonds is 6. The molecule has 1 rings (SSSR count). The van der Waals surface area contributed by atoms with E-state index in [0.29, 0.717) is 13.0 Å². The summed E-state index contributed by atoms with van der Waals surface area (Å²) >= 11 is 0. The maximum Gasteiger partial charge on any atom is 0.158 e. The van der Waals surface area contributed by atoms with Crippen LogP contribution in [0.4, 0.5) is 0 Å². The highest BCUT2D eigenvalue weighted by Gasteiger charge is 2.10. The second kappa shape index (κ2) is 6.51. The highest BCUT2D eigenvalue weighted by Crippen LogP contribution is 2.21. The van der Waals surface area contributed by atoms with Crippen molar-refractivity contribution in [2.75, 3.05) is 6.61 Å². The van der Waals surface area contributed by atoms with Crippen molar-refractivity contribution in [2.45, 2.75) is 39.6 Å². The minimum atomic E-state index is -0.762. The molecule has 16 heavy (non-hydrogen) atoms. The molecule has 3 nitrogen and oxygen atoms in total. The zero-order valence-electron chi connectivity index (χ0n) is 10.1. The number of hydrogen-bond acceptors (Lipinski definition) is 3. The molecular weight excluding hydrogens is 204 g/mol. The maximum atomic E-state index is 9.58. The number of para-hydroxylation sites is 1. The molecule has 0 saturated carbocycles. The number of ether oxygens (including phenoxy) is 2. The minimum Gasteiger partial charge on any atom is -0.491 e. The van der Waals surface area contributed by atoms with Gasteiger partial charge in [0.1, 0.15) is 5.75 Å². The number of hydrogen-bond donors (Lipinski definition) is 1. The van der Waals surface area contributed by atoms with Gasteiger partial charge in [-0.05, 0) is 32.4 Å². The molecule has 1 atom stereocenters. The van der Waals surface area contributed by atoms with Gasteiger partial charge in [-0.3, -0.25) is 0 Å². The first-order valence-electron chi connectivity index (χ1n) is 5.67. The Morgan fingerprint density at radius 2 is 1.94 bits per heavy atom. The van der Waals surface area contributed by atoms with Crippen molar-refractivity contribution in [1.82, 2.24) is 0 Å². The molecule has 0 aromatic heterocycles. The van der Waals surface area contributed by atoms with Gasteiger partial charge in [0, 0.05) is 13.0 Å². The number of benzene rings is 1. The summed E-state index contributed by atoms with van der Waals surface area (Å²) in [5.41, 5.74) is 0.970. The lowest BCUT2D eigenvalue weighted by Crippen LogP contribution is -2.16. The molecule has 0 spiro atoms. The number of aliphatic hydroxyl groups is 1. The third-order valence-corrected chi connectivity index (χ3v) is 2.09. The van der Waals surface area contributed by atoms with E-state index in [-0.39, 0.29) is 6.10 Å². The van der Waals surface area contributed by atoms with Crippen LogP contribution in [0.3, 0.4) is 0 Å². The molecule has 0 fully saturated rings. The third kappa shape index (κ3) is 4.21. The van der Waals surface area contributed by atoms with Crippen LogP contribution in [0.5, 0.6) is 5.75 Å². The van der Waals surface area contributed by atoms with Gasteiger partial charge < -0.3 is 14.6 Å². The lowest BCUT2D eigenvalue weighted by molar-refractivity contribution is -0.0930. The summed E-state index contributed by atoms with van der Waals surface area (Å²) in [5.74, 6) is 0.816. The summed E-state index contributed by atoms with van der Waals surface area (Å²) in [4.78, 5) is 0. The molecule has 0 aliphatic heterocycles. The first-order chi connectivity index (χ1) is 7.63. The summed E-state index contributed by atoms with van der Waals surface area (Å²) in [5, 5.41) is 9.58. The van der Waals surface area contributed by atoms with Crippen LogP contribution in [0.1, 0.15) is 26.3 Å². The normalized spacial score (nSPS) is 12.8. The van der Waals surface area contributed by atoms with Crippen molar-refractivity contribution in [1.29, 1.82) is 0 Å². The second-order valence-electron chi connectivity index (χ2n) is 3.89. The Morgan fingerprint density at radius 3 is 2.56 bits per heavy atom. The fourth-order valence-corrected chi connectivity index (χ4v) is 1.48. The maximum absolute atomic E-state index is 9.58. The first kappa shape index (κ1) is 13.0. The summed E-state index contributed by atoms with van der Waals surface area (Å²) in [6.07, 6.45) is -0.177. The third-order valence-electron chi connectivity index (χ3n) is 2.09. The highest BCUT2D eigenvalue weighted by molar-refractivity contribution is 5.33. The molecule has 3 heteroatoms. The Bertz CT molecular complexity index is 310. The van der Waals surface area contributed by atoms with Crippen molar-refractivity contribution in [3.63, 3.8) is 0 Å². The van der Waals surface area contributed by atoms with Crippen molar-refractivity contribution in [3.8, 4) is 5.75 Å². The van der Waals surface area contributed by atoms with E-state index in [0.717, 1.165) is 11.3 Å². The van der Waals surface area contributed by atoms with E-state index in [4.69, 9.17) is 9.47 Å². The average Bonchev–Trinajstić information content (AvgIpc) is 2.20. The predicted molar refractivity (Wildman–Crippen MR) is 63.5 cm³/mol. The van der Waals surface area contributed by atoms with Crippen LogP contribution in [0.2, 0.25) is 0 Å². The smallest absolute Gasteiger partial charge is 0.158 e. The second-order valence-corrected chi connectivity index (χ2v) is 3.89. The van der Waals surface area contributed by atoms with E-state index in [1.54, 1.807) is 0 Å². The van der Waals surface area contributed by atoms with Crippen molar-refractivity contribution < 1.29 is 14.6 Å². The Hall–Kier alpha value is -1.06. The van der Waals surface area contributed by atoms with Crippen LogP contribution in [0.15, 0.2) is 24.3 Å². The van der Waals surface area contributed by atoms with E-state index >= 15 is 0 Å². The molecule has 0 radical (unpaired) electrons. The zero-order chi connectivity index (χ0) is 12.0. The van der Waals surface area contributed by atoms with E-state index in [2.05, 4.69) is 0 Å². The van der Waals surface area contributed by atoms with Gasteiger partial charge in [0.05, 0.1) is 6.10 Å². The Morgan fingerprint density at radius 1 is 1.25 bits per heavy atom. The standard InChI is InChI=1S/C13H20O3/c1-4-15-13(14)9-11-7-5-6-8-12(11)16-10(2)3/h5-8,10,13-14H,4,9H2,1-3H3. The van der Waals surface area contributed by atoms with Crippen LogP contribution >= 0.6 is 0 Å². The zero-order valence-corrected chi connectivity index (χ0v) is 10.1. The fourth-order valence-electron chi connectivity index (χ4n) is 1.48. The molecule has 1 aromatic carbocycles. The largest absolute Gasteiger partial charge is 0.491 e. The van der Waals surface area contributed by atoms with Crippen LogP contribution < -0.4 is 4.74 Å². The molecule has 0 heterocycles. The fraction of sp³-hybridized carbons (Fsp3) is 0.538. The molecule has 90 valence electrons. The van der Waals surface area contributed by atoms with Crippen molar-refractivity contribution in [2.24, 2.45) is 0 Å². The molecular formula is C13H20O3. The summed E-state index contributed by atoms with van der Waals surface area (Å²) < 4.78 is 10.8. The SMILES string of the molecule is CCOC(O)Cc1ccccc1OC(C)C. The molecule has 0 saturated heterocycles. The van der Waals surface area contributed by atoms with Gasteiger partial charge in [0.25, 0.3) is 0 Å². The van der Waals surface area contributed by atoms with Gasteiger partial charge >= 0.3 is 0 Å². The van der Waals surface area contributed by atoms with Crippen LogP contribution in [0, 0.1) is 0 Å². The van der Waals surface area contributed by atoms with Gasteiger partial charge in [0.15, 0.2) is 6.29 Å².